The third kappa shape index (κ3) is 14.9. The van der Waals surface area contributed by atoms with Crippen molar-refractivity contribution in [2.24, 2.45) is 5.41 Å². The molecule has 8 heteroatoms. The Kier molecular flexibility index (Phi) is 13.4. The topological polar surface area (TPSA) is 93.7 Å². The van der Waals surface area contributed by atoms with Crippen molar-refractivity contribution >= 4 is 28.7 Å². The highest BCUT2D eigenvalue weighted by molar-refractivity contribution is 8.13. The van der Waals surface area contributed by atoms with Crippen LogP contribution in [-0.2, 0) is 23.9 Å². The van der Waals surface area contributed by atoms with Gasteiger partial charge in [-0.15, -0.1) is 0 Å². The number of hydrogen-bond donors (Lipinski definition) is 2. The summed E-state index contributed by atoms with van der Waals surface area (Å²) in [5.74, 6) is -0.364. The number of nitrogens with one attached hydrogen (secondary N) is 2. The first-order chi connectivity index (χ1) is 13.0. The van der Waals surface area contributed by atoms with Crippen molar-refractivity contribution in [1.82, 2.24) is 10.6 Å². The fraction of sp³-hybridized carbons (Fsp3) is 0.850. The second-order valence-corrected chi connectivity index (χ2v) is 9.16. The molecule has 0 aliphatic rings. The van der Waals surface area contributed by atoms with E-state index in [4.69, 9.17) is 9.47 Å². The molecule has 2 amide bonds. The first-order valence-corrected chi connectivity index (χ1v) is 10.9. The summed E-state index contributed by atoms with van der Waals surface area (Å²) in [5.41, 5.74) is -0.344. The van der Waals surface area contributed by atoms with Crippen LogP contribution in [0.3, 0.4) is 0 Å². The third-order valence-corrected chi connectivity index (χ3v) is 4.97. The van der Waals surface area contributed by atoms with E-state index < -0.39 is 5.79 Å². The van der Waals surface area contributed by atoms with Gasteiger partial charge in [0.05, 0.1) is 6.61 Å². The van der Waals surface area contributed by atoms with Crippen molar-refractivity contribution in [2.45, 2.75) is 72.5 Å². The van der Waals surface area contributed by atoms with Crippen molar-refractivity contribution in [3.8, 4) is 0 Å². The molecule has 0 atom stereocenters. The fourth-order valence-electron chi connectivity index (χ4n) is 2.13. The molecule has 0 unspecified atom stereocenters. The lowest BCUT2D eigenvalue weighted by Gasteiger charge is -2.30. The van der Waals surface area contributed by atoms with Gasteiger partial charge in [0.15, 0.2) is 10.9 Å². The SMILES string of the molecule is CCCCC(=O)SCCNC(=O)CCNC(=O)CC(C)(C)COC(C)(C)OC. The molecule has 0 aromatic rings. The molecule has 2 N–H and O–H groups in total. The molecule has 0 aromatic carbocycles. The first kappa shape index (κ1) is 26.9. The van der Waals surface area contributed by atoms with E-state index in [0.717, 1.165) is 12.8 Å². The van der Waals surface area contributed by atoms with Crippen molar-refractivity contribution in [2.75, 3.05) is 32.6 Å². The van der Waals surface area contributed by atoms with Gasteiger partial charge in [-0.2, -0.15) is 0 Å². The van der Waals surface area contributed by atoms with Crippen LogP contribution in [0.4, 0.5) is 0 Å². The summed E-state index contributed by atoms with van der Waals surface area (Å²) in [6.45, 7) is 10.7. The number of rotatable bonds is 15. The highest BCUT2D eigenvalue weighted by atomic mass is 32.2. The predicted molar refractivity (Wildman–Crippen MR) is 113 cm³/mol. The van der Waals surface area contributed by atoms with E-state index in [2.05, 4.69) is 10.6 Å². The number of methoxy groups -OCH3 is 1. The van der Waals surface area contributed by atoms with Gasteiger partial charge in [-0.25, -0.2) is 0 Å². The summed E-state index contributed by atoms with van der Waals surface area (Å²) in [4.78, 5) is 35.4. The van der Waals surface area contributed by atoms with Crippen LogP contribution in [0.5, 0.6) is 0 Å². The molecule has 0 aliphatic heterocycles. The molecule has 0 aliphatic carbocycles. The molecule has 0 saturated carbocycles. The van der Waals surface area contributed by atoms with E-state index in [0.29, 0.717) is 31.7 Å². The van der Waals surface area contributed by atoms with Crippen LogP contribution >= 0.6 is 11.8 Å². The van der Waals surface area contributed by atoms with Gasteiger partial charge in [-0.05, 0) is 25.7 Å². The molecule has 28 heavy (non-hydrogen) atoms. The Morgan fingerprint density at radius 3 is 2.21 bits per heavy atom. The van der Waals surface area contributed by atoms with Crippen LogP contribution < -0.4 is 10.6 Å². The quantitative estimate of drug-likeness (QED) is 0.314. The van der Waals surface area contributed by atoms with Crippen molar-refractivity contribution < 1.29 is 23.9 Å². The van der Waals surface area contributed by atoms with Gasteiger partial charge in [0, 0.05) is 45.2 Å². The summed E-state index contributed by atoms with van der Waals surface area (Å²) < 4.78 is 10.9. The average Bonchev–Trinajstić information content (AvgIpc) is 2.61. The fourth-order valence-corrected chi connectivity index (χ4v) is 2.85. The van der Waals surface area contributed by atoms with Crippen molar-refractivity contribution in [3.05, 3.63) is 0 Å². The minimum absolute atomic E-state index is 0.117. The normalized spacial score (nSPS) is 11.9. The molecule has 0 rings (SSSR count). The van der Waals surface area contributed by atoms with E-state index in [9.17, 15) is 14.4 Å². The first-order valence-electron chi connectivity index (χ1n) is 9.89. The minimum Gasteiger partial charge on any atom is -0.356 e. The Bertz CT molecular complexity index is 495. The van der Waals surface area contributed by atoms with Gasteiger partial charge in [-0.1, -0.05) is 39.0 Å². The number of carbonyl (C=O) groups is 3. The van der Waals surface area contributed by atoms with Crippen LogP contribution in [0.2, 0.25) is 0 Å². The maximum absolute atomic E-state index is 12.1. The average molecular weight is 419 g/mol. The van der Waals surface area contributed by atoms with Crippen molar-refractivity contribution in [3.63, 3.8) is 0 Å². The number of carbonyl (C=O) groups excluding carboxylic acids is 3. The molecule has 164 valence electrons. The monoisotopic (exact) mass is 418 g/mol. The third-order valence-electron chi connectivity index (χ3n) is 4.04. The maximum atomic E-state index is 12.1. The number of amides is 2. The number of unbranched alkanes of at least 4 members (excludes halogenated alkanes) is 1. The molecular weight excluding hydrogens is 380 g/mol. The number of thioether (sulfide) groups is 1. The molecular formula is C20H38N2O5S. The number of hydrogen-bond acceptors (Lipinski definition) is 6. The molecule has 0 aromatic heterocycles. The lowest BCUT2D eigenvalue weighted by atomic mass is 9.90. The molecule has 0 saturated heterocycles. The van der Waals surface area contributed by atoms with E-state index in [1.165, 1.54) is 11.8 Å². The molecule has 0 radical (unpaired) electrons. The highest BCUT2D eigenvalue weighted by Gasteiger charge is 2.26. The largest absolute Gasteiger partial charge is 0.356 e. The zero-order valence-electron chi connectivity index (χ0n) is 18.3. The van der Waals surface area contributed by atoms with Crippen LogP contribution in [0, 0.1) is 5.41 Å². The highest BCUT2D eigenvalue weighted by Crippen LogP contribution is 2.23. The van der Waals surface area contributed by atoms with E-state index in [1.54, 1.807) is 7.11 Å². The lowest BCUT2D eigenvalue weighted by Crippen LogP contribution is -2.37. The Labute approximate surface area is 174 Å². The smallest absolute Gasteiger partial charge is 0.221 e. The second-order valence-electron chi connectivity index (χ2n) is 8.01. The maximum Gasteiger partial charge on any atom is 0.221 e. The van der Waals surface area contributed by atoms with Gasteiger partial charge >= 0.3 is 0 Å². The second kappa shape index (κ2) is 14.0. The zero-order chi connectivity index (χ0) is 21.6. The van der Waals surface area contributed by atoms with Crippen LogP contribution in [0.1, 0.15) is 66.7 Å². The molecule has 7 nitrogen and oxygen atoms in total. The summed E-state index contributed by atoms with van der Waals surface area (Å²) in [6, 6.07) is 0. The Morgan fingerprint density at radius 2 is 1.61 bits per heavy atom. The van der Waals surface area contributed by atoms with E-state index >= 15 is 0 Å². The summed E-state index contributed by atoms with van der Waals surface area (Å²) in [5, 5.41) is 5.70. The Hall–Kier alpha value is -1.12. The molecule has 0 spiro atoms. The molecule has 0 fully saturated rings. The van der Waals surface area contributed by atoms with Crippen LogP contribution in [-0.4, -0.2) is 55.3 Å². The van der Waals surface area contributed by atoms with Gasteiger partial charge < -0.3 is 20.1 Å². The predicted octanol–water partition coefficient (Wildman–Crippen LogP) is 2.87. The molecule has 0 heterocycles. The van der Waals surface area contributed by atoms with E-state index in [-0.39, 0.29) is 35.3 Å². The van der Waals surface area contributed by atoms with Crippen LogP contribution in [0.15, 0.2) is 0 Å². The zero-order valence-corrected chi connectivity index (χ0v) is 19.1. The van der Waals surface area contributed by atoms with Gasteiger partial charge in [0.2, 0.25) is 11.8 Å². The van der Waals surface area contributed by atoms with Crippen molar-refractivity contribution in [1.29, 1.82) is 0 Å². The number of ether oxygens (including phenoxy) is 2. The Morgan fingerprint density at radius 1 is 0.964 bits per heavy atom. The molecule has 0 bridgehead atoms. The summed E-state index contributed by atoms with van der Waals surface area (Å²) >= 11 is 1.26. The standard InChI is InChI=1S/C20H38N2O5S/c1-7-8-9-18(25)28-13-12-22-16(23)10-11-21-17(24)14-19(2,3)15-27-20(4,5)26-6/h7-15H2,1-6H3,(H,21,24)(H,22,23). The van der Waals surface area contributed by atoms with Gasteiger partial charge in [0.25, 0.3) is 0 Å². The minimum atomic E-state index is -0.690. The van der Waals surface area contributed by atoms with Crippen LogP contribution in [0.25, 0.3) is 0 Å². The summed E-state index contributed by atoms with van der Waals surface area (Å²) in [7, 11) is 1.58. The Balaban J connectivity index is 3.89. The van der Waals surface area contributed by atoms with Gasteiger partial charge in [-0.3, -0.25) is 14.4 Å². The van der Waals surface area contributed by atoms with E-state index in [1.807, 2.05) is 34.6 Å². The summed E-state index contributed by atoms with van der Waals surface area (Å²) in [6.07, 6.45) is 3.01. The lowest BCUT2D eigenvalue weighted by molar-refractivity contribution is -0.211. The van der Waals surface area contributed by atoms with Gasteiger partial charge in [0.1, 0.15) is 0 Å².